The summed E-state index contributed by atoms with van der Waals surface area (Å²) in [6.45, 7) is 1.75. The first-order chi connectivity index (χ1) is 11.1. The summed E-state index contributed by atoms with van der Waals surface area (Å²) in [7, 11) is 0. The predicted molar refractivity (Wildman–Crippen MR) is 90.2 cm³/mol. The normalized spacial score (nSPS) is 12.0. The van der Waals surface area contributed by atoms with Gasteiger partial charge < -0.3 is 5.32 Å². The SMILES string of the molecule is C[C@H](Sc1n[nH]c(=O)n1-c1ccccc1)C(=O)Nc1nccs1. The van der Waals surface area contributed by atoms with Crippen LogP contribution in [0.2, 0.25) is 0 Å². The molecule has 0 unspecified atom stereocenters. The zero-order valence-electron chi connectivity index (χ0n) is 12.1. The Hall–Kier alpha value is -2.39. The van der Waals surface area contributed by atoms with Crippen LogP contribution in [0.1, 0.15) is 6.92 Å². The van der Waals surface area contributed by atoms with Crippen molar-refractivity contribution in [3.63, 3.8) is 0 Å². The third-order valence-corrected chi connectivity index (χ3v) is 4.71. The van der Waals surface area contributed by atoms with Crippen LogP contribution >= 0.6 is 23.1 Å². The van der Waals surface area contributed by atoms with E-state index in [1.54, 1.807) is 30.6 Å². The Morgan fingerprint density at radius 1 is 1.39 bits per heavy atom. The number of para-hydroxylation sites is 1. The molecule has 9 heteroatoms. The summed E-state index contributed by atoms with van der Waals surface area (Å²) >= 11 is 2.55. The van der Waals surface area contributed by atoms with Crippen molar-refractivity contribution in [2.24, 2.45) is 0 Å². The third-order valence-electron chi connectivity index (χ3n) is 2.97. The second kappa shape index (κ2) is 6.80. The smallest absolute Gasteiger partial charge is 0.301 e. The van der Waals surface area contributed by atoms with E-state index in [2.05, 4.69) is 20.5 Å². The zero-order chi connectivity index (χ0) is 16.2. The van der Waals surface area contributed by atoms with E-state index in [4.69, 9.17) is 0 Å². The second-order valence-electron chi connectivity index (χ2n) is 4.57. The Morgan fingerprint density at radius 2 is 2.17 bits per heavy atom. The van der Waals surface area contributed by atoms with Gasteiger partial charge in [0.05, 0.1) is 10.9 Å². The second-order valence-corrected chi connectivity index (χ2v) is 6.77. The van der Waals surface area contributed by atoms with Crippen molar-refractivity contribution in [1.82, 2.24) is 19.7 Å². The van der Waals surface area contributed by atoms with Gasteiger partial charge in [-0.05, 0) is 19.1 Å². The molecule has 2 N–H and O–H groups in total. The first-order valence-corrected chi connectivity index (χ1v) is 8.51. The lowest BCUT2D eigenvalue weighted by atomic mass is 10.3. The highest BCUT2D eigenvalue weighted by Gasteiger charge is 2.20. The topological polar surface area (TPSA) is 92.7 Å². The molecule has 0 fully saturated rings. The van der Waals surface area contributed by atoms with Crippen molar-refractivity contribution in [3.05, 3.63) is 52.4 Å². The molecule has 3 rings (SSSR count). The van der Waals surface area contributed by atoms with Gasteiger partial charge in [0, 0.05) is 11.6 Å². The minimum Gasteiger partial charge on any atom is -0.301 e. The number of aromatic amines is 1. The van der Waals surface area contributed by atoms with E-state index < -0.39 is 5.25 Å². The number of amides is 1. The Kier molecular flexibility index (Phi) is 4.58. The maximum Gasteiger partial charge on any atom is 0.348 e. The number of benzene rings is 1. The van der Waals surface area contributed by atoms with Gasteiger partial charge in [-0.3, -0.25) is 4.79 Å². The molecule has 0 radical (unpaired) electrons. The van der Waals surface area contributed by atoms with Crippen LogP contribution in [0.15, 0.2) is 51.9 Å². The van der Waals surface area contributed by atoms with E-state index in [0.29, 0.717) is 16.0 Å². The molecule has 118 valence electrons. The monoisotopic (exact) mass is 347 g/mol. The molecule has 0 saturated heterocycles. The van der Waals surface area contributed by atoms with Gasteiger partial charge >= 0.3 is 5.69 Å². The average Bonchev–Trinajstić information content (AvgIpc) is 3.18. The number of nitrogens with zero attached hydrogens (tertiary/aromatic N) is 3. The van der Waals surface area contributed by atoms with Crippen LogP contribution in [-0.2, 0) is 4.79 Å². The lowest BCUT2D eigenvalue weighted by molar-refractivity contribution is -0.115. The fourth-order valence-electron chi connectivity index (χ4n) is 1.87. The van der Waals surface area contributed by atoms with Gasteiger partial charge in [-0.25, -0.2) is 19.4 Å². The molecule has 0 saturated carbocycles. The Bertz CT molecular complexity index is 842. The van der Waals surface area contributed by atoms with E-state index in [0.717, 1.165) is 0 Å². The van der Waals surface area contributed by atoms with Crippen molar-refractivity contribution in [2.75, 3.05) is 5.32 Å². The first-order valence-electron chi connectivity index (χ1n) is 6.75. The van der Waals surface area contributed by atoms with Crippen LogP contribution in [0.3, 0.4) is 0 Å². The molecule has 0 spiro atoms. The number of H-pyrrole nitrogens is 1. The summed E-state index contributed by atoms with van der Waals surface area (Å²) in [5, 5.41) is 11.5. The molecule has 0 bridgehead atoms. The number of thiazole rings is 1. The molecule has 23 heavy (non-hydrogen) atoms. The lowest BCUT2D eigenvalue weighted by Gasteiger charge is -2.10. The van der Waals surface area contributed by atoms with Gasteiger partial charge in [0.25, 0.3) is 0 Å². The van der Waals surface area contributed by atoms with E-state index in [-0.39, 0.29) is 11.6 Å². The van der Waals surface area contributed by atoms with Crippen LogP contribution < -0.4 is 11.0 Å². The quantitative estimate of drug-likeness (QED) is 0.690. The number of hydrogen-bond donors (Lipinski definition) is 2. The van der Waals surface area contributed by atoms with Crippen molar-refractivity contribution in [2.45, 2.75) is 17.3 Å². The number of carbonyl (C=O) groups is 1. The highest BCUT2D eigenvalue weighted by Crippen LogP contribution is 2.23. The maximum atomic E-state index is 12.2. The average molecular weight is 347 g/mol. The number of hydrogen-bond acceptors (Lipinski definition) is 6. The van der Waals surface area contributed by atoms with E-state index in [9.17, 15) is 9.59 Å². The van der Waals surface area contributed by atoms with Crippen LogP contribution in [0.4, 0.5) is 5.13 Å². The van der Waals surface area contributed by atoms with Gasteiger partial charge in [0.1, 0.15) is 0 Å². The van der Waals surface area contributed by atoms with Gasteiger partial charge in [0.15, 0.2) is 10.3 Å². The summed E-state index contributed by atoms with van der Waals surface area (Å²) < 4.78 is 1.44. The van der Waals surface area contributed by atoms with E-state index in [1.165, 1.54) is 27.7 Å². The Balaban J connectivity index is 1.78. The van der Waals surface area contributed by atoms with Crippen LogP contribution in [-0.4, -0.2) is 30.9 Å². The van der Waals surface area contributed by atoms with Gasteiger partial charge in [0.2, 0.25) is 5.91 Å². The minimum atomic E-state index is -0.434. The highest BCUT2D eigenvalue weighted by atomic mass is 32.2. The highest BCUT2D eigenvalue weighted by molar-refractivity contribution is 8.00. The molecule has 0 aliphatic heterocycles. The molecular weight excluding hydrogens is 334 g/mol. The summed E-state index contributed by atoms with van der Waals surface area (Å²) in [5.41, 5.74) is 0.354. The number of anilines is 1. The predicted octanol–water partition coefficient (Wildman–Crippen LogP) is 2.14. The zero-order valence-corrected chi connectivity index (χ0v) is 13.7. The van der Waals surface area contributed by atoms with Crippen molar-refractivity contribution >= 4 is 34.1 Å². The molecule has 7 nitrogen and oxygen atoms in total. The molecule has 2 heterocycles. The molecule has 1 amide bonds. The molecule has 1 atom stereocenters. The Morgan fingerprint density at radius 3 is 2.87 bits per heavy atom. The fraction of sp³-hybridized carbons (Fsp3) is 0.143. The van der Waals surface area contributed by atoms with Crippen molar-refractivity contribution in [1.29, 1.82) is 0 Å². The van der Waals surface area contributed by atoms with Crippen LogP contribution in [0.25, 0.3) is 5.69 Å². The molecule has 0 aliphatic carbocycles. The standard InChI is InChI=1S/C14H13N5O2S2/c1-9(11(20)16-12-15-7-8-22-12)23-14-18-17-13(21)19(14)10-5-3-2-4-6-10/h2-9H,1H3,(H,17,21)(H,15,16,20)/t9-/m0/s1. The third kappa shape index (κ3) is 3.51. The summed E-state index contributed by atoms with van der Waals surface area (Å²) in [4.78, 5) is 28.2. The first kappa shape index (κ1) is 15.5. The van der Waals surface area contributed by atoms with Crippen LogP contribution in [0, 0.1) is 0 Å². The van der Waals surface area contributed by atoms with Gasteiger partial charge in [-0.2, -0.15) is 0 Å². The fourth-order valence-corrected chi connectivity index (χ4v) is 3.28. The number of nitrogens with one attached hydrogen (secondary N) is 2. The Labute approximate surface area is 139 Å². The molecule has 2 aromatic heterocycles. The summed E-state index contributed by atoms with van der Waals surface area (Å²) in [6.07, 6.45) is 1.62. The maximum absolute atomic E-state index is 12.2. The van der Waals surface area contributed by atoms with Crippen LogP contribution in [0.5, 0.6) is 0 Å². The number of aromatic nitrogens is 4. The van der Waals surface area contributed by atoms with E-state index >= 15 is 0 Å². The molecule has 0 aliphatic rings. The van der Waals surface area contributed by atoms with E-state index in [1.807, 2.05) is 18.2 Å². The number of carbonyl (C=O) groups excluding carboxylic acids is 1. The largest absolute Gasteiger partial charge is 0.348 e. The summed E-state index contributed by atoms with van der Waals surface area (Å²) in [6, 6.07) is 9.15. The van der Waals surface area contributed by atoms with Crippen molar-refractivity contribution in [3.8, 4) is 5.69 Å². The molecule has 1 aromatic carbocycles. The molecule has 3 aromatic rings. The lowest BCUT2D eigenvalue weighted by Crippen LogP contribution is -2.23. The summed E-state index contributed by atoms with van der Waals surface area (Å²) in [5.74, 6) is -0.194. The van der Waals surface area contributed by atoms with Gasteiger partial charge in [-0.15, -0.1) is 16.4 Å². The molecular formula is C14H13N5O2S2. The van der Waals surface area contributed by atoms with Crippen molar-refractivity contribution < 1.29 is 4.79 Å². The minimum absolute atomic E-state index is 0.194. The van der Waals surface area contributed by atoms with Gasteiger partial charge in [-0.1, -0.05) is 30.0 Å². The number of rotatable bonds is 5. The number of thioether (sulfide) groups is 1.